The summed E-state index contributed by atoms with van der Waals surface area (Å²) >= 11 is 0. The molecule has 0 saturated carbocycles. The smallest absolute Gasteiger partial charge is 0.335 e. The number of benzene rings is 2. The molecule has 2 aromatic rings. The van der Waals surface area contributed by atoms with Crippen LogP contribution in [-0.4, -0.2) is 17.7 Å². The summed E-state index contributed by atoms with van der Waals surface area (Å²) < 4.78 is 19.3. The molecule has 0 heterocycles. The Balaban J connectivity index is 2.34. The van der Waals surface area contributed by atoms with Crippen LogP contribution in [-0.2, 0) is 0 Å². The molecular formula is C17H17FO3. The number of hydrogen-bond acceptors (Lipinski definition) is 2. The van der Waals surface area contributed by atoms with Crippen LogP contribution in [0.1, 0.15) is 29.3 Å². The molecule has 0 bridgehead atoms. The molecule has 110 valence electrons. The maximum Gasteiger partial charge on any atom is 0.335 e. The quantitative estimate of drug-likeness (QED) is 0.892. The number of carbonyl (C=O) groups is 1. The standard InChI is InChI=1S/C17H17FO3/c1-3-8-21-16-7-5-12(10-15(16)18)14-6-4-13(17(19)20)9-11(14)2/h4-7,9-10H,3,8H2,1-2H3,(H,19,20). The molecule has 0 atom stereocenters. The van der Waals surface area contributed by atoms with Gasteiger partial charge in [-0.1, -0.05) is 19.1 Å². The lowest BCUT2D eigenvalue weighted by Gasteiger charge is -2.10. The molecule has 2 rings (SSSR count). The van der Waals surface area contributed by atoms with Crippen molar-refractivity contribution in [2.24, 2.45) is 0 Å². The van der Waals surface area contributed by atoms with E-state index >= 15 is 0 Å². The Labute approximate surface area is 123 Å². The first-order valence-corrected chi connectivity index (χ1v) is 6.79. The van der Waals surface area contributed by atoms with Crippen LogP contribution in [0, 0.1) is 12.7 Å². The van der Waals surface area contributed by atoms with Crippen molar-refractivity contribution in [3.63, 3.8) is 0 Å². The van der Waals surface area contributed by atoms with Crippen molar-refractivity contribution in [1.29, 1.82) is 0 Å². The van der Waals surface area contributed by atoms with Gasteiger partial charge in [0.05, 0.1) is 12.2 Å². The van der Waals surface area contributed by atoms with E-state index in [0.29, 0.717) is 12.2 Å². The highest BCUT2D eigenvalue weighted by Crippen LogP contribution is 2.28. The molecule has 0 aliphatic heterocycles. The van der Waals surface area contributed by atoms with E-state index in [0.717, 1.165) is 17.5 Å². The van der Waals surface area contributed by atoms with Gasteiger partial charge in [0.15, 0.2) is 11.6 Å². The van der Waals surface area contributed by atoms with Crippen LogP contribution in [0.3, 0.4) is 0 Å². The van der Waals surface area contributed by atoms with Gasteiger partial charge >= 0.3 is 5.97 Å². The minimum atomic E-state index is -0.973. The average molecular weight is 288 g/mol. The topological polar surface area (TPSA) is 46.5 Å². The maximum atomic E-state index is 14.0. The Morgan fingerprint density at radius 3 is 2.57 bits per heavy atom. The molecule has 3 nitrogen and oxygen atoms in total. The Bertz CT molecular complexity index is 665. The third-order valence-corrected chi connectivity index (χ3v) is 3.18. The van der Waals surface area contributed by atoms with Crippen LogP contribution in [0.2, 0.25) is 0 Å². The number of carboxylic acids is 1. The molecule has 0 unspecified atom stereocenters. The third-order valence-electron chi connectivity index (χ3n) is 3.18. The Morgan fingerprint density at radius 1 is 1.24 bits per heavy atom. The summed E-state index contributed by atoms with van der Waals surface area (Å²) in [6, 6.07) is 9.58. The van der Waals surface area contributed by atoms with Crippen LogP contribution < -0.4 is 4.74 Å². The van der Waals surface area contributed by atoms with Crippen LogP contribution in [0.15, 0.2) is 36.4 Å². The highest BCUT2D eigenvalue weighted by Gasteiger charge is 2.10. The zero-order valence-electron chi connectivity index (χ0n) is 12.0. The predicted molar refractivity (Wildman–Crippen MR) is 79.3 cm³/mol. The molecule has 21 heavy (non-hydrogen) atoms. The maximum absolute atomic E-state index is 14.0. The van der Waals surface area contributed by atoms with E-state index in [4.69, 9.17) is 9.84 Å². The second-order valence-electron chi connectivity index (χ2n) is 4.83. The van der Waals surface area contributed by atoms with E-state index in [1.54, 1.807) is 31.2 Å². The fourth-order valence-electron chi connectivity index (χ4n) is 2.12. The summed E-state index contributed by atoms with van der Waals surface area (Å²) in [6.45, 7) is 4.24. The lowest BCUT2D eigenvalue weighted by Crippen LogP contribution is -1.99. The van der Waals surface area contributed by atoms with Gasteiger partial charge in [-0.2, -0.15) is 0 Å². The Hall–Kier alpha value is -2.36. The van der Waals surface area contributed by atoms with Gasteiger partial charge in [0.25, 0.3) is 0 Å². The zero-order valence-corrected chi connectivity index (χ0v) is 12.0. The van der Waals surface area contributed by atoms with E-state index < -0.39 is 11.8 Å². The highest BCUT2D eigenvalue weighted by molar-refractivity contribution is 5.89. The number of aromatic carboxylic acids is 1. The van der Waals surface area contributed by atoms with Crippen LogP contribution in [0.5, 0.6) is 5.75 Å². The molecular weight excluding hydrogens is 271 g/mol. The van der Waals surface area contributed by atoms with Gasteiger partial charge in [0.2, 0.25) is 0 Å². The predicted octanol–water partition coefficient (Wildman–Crippen LogP) is 4.29. The Morgan fingerprint density at radius 2 is 2.00 bits per heavy atom. The van der Waals surface area contributed by atoms with Crippen LogP contribution >= 0.6 is 0 Å². The van der Waals surface area contributed by atoms with Crippen molar-refractivity contribution in [3.8, 4) is 16.9 Å². The van der Waals surface area contributed by atoms with Gasteiger partial charge in [-0.25, -0.2) is 9.18 Å². The number of ether oxygens (including phenoxy) is 1. The molecule has 4 heteroatoms. The van der Waals surface area contributed by atoms with Crippen molar-refractivity contribution in [1.82, 2.24) is 0 Å². The number of carboxylic acid groups (broad SMARTS) is 1. The summed E-state index contributed by atoms with van der Waals surface area (Å²) in [4.78, 5) is 10.9. The fraction of sp³-hybridized carbons (Fsp3) is 0.235. The molecule has 0 aliphatic rings. The van der Waals surface area contributed by atoms with Crippen molar-refractivity contribution in [2.45, 2.75) is 20.3 Å². The van der Waals surface area contributed by atoms with Gasteiger partial charge in [-0.15, -0.1) is 0 Å². The first kappa shape index (κ1) is 15.0. The number of halogens is 1. The summed E-state index contributed by atoms with van der Waals surface area (Å²) in [5.41, 5.74) is 2.52. The van der Waals surface area contributed by atoms with Crippen molar-refractivity contribution >= 4 is 5.97 Å². The van der Waals surface area contributed by atoms with Gasteiger partial charge in [0, 0.05) is 0 Å². The van der Waals surface area contributed by atoms with E-state index in [-0.39, 0.29) is 11.3 Å². The van der Waals surface area contributed by atoms with E-state index in [1.165, 1.54) is 12.1 Å². The molecule has 0 aliphatic carbocycles. The van der Waals surface area contributed by atoms with Crippen molar-refractivity contribution in [2.75, 3.05) is 6.61 Å². The molecule has 0 fully saturated rings. The third kappa shape index (κ3) is 3.40. The van der Waals surface area contributed by atoms with E-state index in [1.807, 2.05) is 6.92 Å². The number of rotatable bonds is 5. The van der Waals surface area contributed by atoms with E-state index in [9.17, 15) is 9.18 Å². The second kappa shape index (κ2) is 6.39. The molecule has 2 aromatic carbocycles. The summed E-state index contributed by atoms with van der Waals surface area (Å²) in [5, 5.41) is 8.96. The van der Waals surface area contributed by atoms with Crippen LogP contribution in [0.25, 0.3) is 11.1 Å². The number of aryl methyl sites for hydroxylation is 1. The lowest BCUT2D eigenvalue weighted by atomic mass is 9.98. The summed E-state index contributed by atoms with van der Waals surface area (Å²) in [5.74, 6) is -1.15. The molecule has 0 amide bonds. The number of hydrogen-bond donors (Lipinski definition) is 1. The second-order valence-corrected chi connectivity index (χ2v) is 4.83. The summed E-state index contributed by atoms with van der Waals surface area (Å²) in [6.07, 6.45) is 0.816. The van der Waals surface area contributed by atoms with Crippen molar-refractivity contribution in [3.05, 3.63) is 53.3 Å². The SMILES string of the molecule is CCCOc1ccc(-c2ccc(C(=O)O)cc2C)cc1F. The Kier molecular flexibility index (Phi) is 4.58. The first-order chi connectivity index (χ1) is 10.0. The summed E-state index contributed by atoms with van der Waals surface area (Å²) in [7, 11) is 0. The molecule has 0 radical (unpaired) electrons. The largest absolute Gasteiger partial charge is 0.491 e. The zero-order chi connectivity index (χ0) is 15.4. The van der Waals surface area contributed by atoms with Gasteiger partial charge in [0.1, 0.15) is 0 Å². The van der Waals surface area contributed by atoms with E-state index in [2.05, 4.69) is 0 Å². The van der Waals surface area contributed by atoms with Gasteiger partial charge in [-0.3, -0.25) is 0 Å². The molecule has 0 spiro atoms. The van der Waals surface area contributed by atoms with Crippen LogP contribution in [0.4, 0.5) is 4.39 Å². The minimum Gasteiger partial charge on any atom is -0.491 e. The lowest BCUT2D eigenvalue weighted by molar-refractivity contribution is 0.0697. The molecule has 1 N–H and O–H groups in total. The van der Waals surface area contributed by atoms with Gasteiger partial charge < -0.3 is 9.84 Å². The monoisotopic (exact) mass is 288 g/mol. The highest BCUT2D eigenvalue weighted by atomic mass is 19.1. The van der Waals surface area contributed by atoms with Gasteiger partial charge in [-0.05, 0) is 54.3 Å². The molecule has 0 saturated heterocycles. The fourth-order valence-corrected chi connectivity index (χ4v) is 2.12. The normalized spacial score (nSPS) is 10.4. The van der Waals surface area contributed by atoms with Crippen molar-refractivity contribution < 1.29 is 19.0 Å². The minimum absolute atomic E-state index is 0.222. The molecule has 0 aromatic heterocycles. The average Bonchev–Trinajstić information content (AvgIpc) is 2.45. The first-order valence-electron chi connectivity index (χ1n) is 6.79.